The summed E-state index contributed by atoms with van der Waals surface area (Å²) < 4.78 is 0. The molecule has 2 aliphatic heterocycles. The Morgan fingerprint density at radius 3 is 2.81 bits per heavy atom. The fourth-order valence-electron chi connectivity index (χ4n) is 5.18. The molecule has 0 aliphatic carbocycles. The summed E-state index contributed by atoms with van der Waals surface area (Å²) in [7, 11) is 0. The minimum atomic E-state index is -0.689. The Balaban J connectivity index is 1.09. The molecule has 36 heavy (non-hydrogen) atoms. The van der Waals surface area contributed by atoms with Gasteiger partial charge in [0.2, 0.25) is 5.91 Å². The molecule has 1 fully saturated rings. The zero-order chi connectivity index (χ0) is 25.1. The van der Waals surface area contributed by atoms with Crippen LogP contribution in [0, 0.1) is 0 Å². The number of anilines is 1. The van der Waals surface area contributed by atoms with E-state index in [0.29, 0.717) is 25.5 Å². The maximum absolute atomic E-state index is 12.7. The number of carbonyl (C=O) groups excluding carboxylic acids is 2. The lowest BCUT2D eigenvalue weighted by atomic mass is 10.0. The molecular weight excluding hydrogens is 458 g/mol. The quantitative estimate of drug-likeness (QED) is 0.395. The fourth-order valence-corrected chi connectivity index (χ4v) is 5.18. The van der Waals surface area contributed by atoms with Crippen LogP contribution in [0.5, 0.6) is 0 Å². The van der Waals surface area contributed by atoms with Gasteiger partial charge in [0.05, 0.1) is 6.10 Å². The molecule has 5 rings (SSSR count). The summed E-state index contributed by atoms with van der Waals surface area (Å²) in [6.45, 7) is 5.25. The SMILES string of the molecule is CC(=O)N1CCC(Nc2cc(C(=O)NCC(O)CN3CCc4c([nH]c5ccccc45)C3)ncn2)CC1. The van der Waals surface area contributed by atoms with Crippen LogP contribution >= 0.6 is 0 Å². The number of aliphatic hydroxyl groups is 1. The molecule has 190 valence electrons. The molecule has 2 amide bonds. The Kier molecular flexibility index (Phi) is 7.15. The van der Waals surface area contributed by atoms with E-state index in [2.05, 4.69) is 48.7 Å². The molecule has 3 aromatic rings. The molecule has 2 aliphatic rings. The molecular formula is C26H33N7O3. The Morgan fingerprint density at radius 2 is 2.00 bits per heavy atom. The molecule has 0 spiro atoms. The van der Waals surface area contributed by atoms with Gasteiger partial charge in [-0.1, -0.05) is 18.2 Å². The van der Waals surface area contributed by atoms with Crippen molar-refractivity contribution in [2.24, 2.45) is 0 Å². The van der Waals surface area contributed by atoms with Gasteiger partial charge >= 0.3 is 0 Å². The lowest BCUT2D eigenvalue weighted by Crippen LogP contribution is -2.42. The van der Waals surface area contributed by atoms with Crippen molar-refractivity contribution in [2.75, 3.05) is 38.0 Å². The highest BCUT2D eigenvalue weighted by molar-refractivity contribution is 5.92. The number of nitrogens with one attached hydrogen (secondary N) is 3. The van der Waals surface area contributed by atoms with Gasteiger partial charge in [-0.25, -0.2) is 9.97 Å². The number of β-amino-alcohol motifs (C(OH)–C–C–N with tert-alkyl or cyclic N) is 1. The van der Waals surface area contributed by atoms with Crippen molar-refractivity contribution in [1.82, 2.24) is 30.1 Å². The number of benzene rings is 1. The van der Waals surface area contributed by atoms with Crippen LogP contribution in [0.15, 0.2) is 36.7 Å². The van der Waals surface area contributed by atoms with E-state index >= 15 is 0 Å². The number of aliphatic hydroxyl groups excluding tert-OH is 1. The standard InChI is InChI=1S/C26H33N7O3/c1-17(34)33-10-6-18(7-11-33)30-25-12-23(28-16-29-25)26(36)27-13-19(35)14-32-9-8-21-20-4-2-3-5-22(20)31-24(21)15-32/h2-5,12,16,18-19,31,35H,6-11,13-15H2,1H3,(H,27,36)(H,28,29,30). The highest BCUT2D eigenvalue weighted by atomic mass is 16.3. The second-order valence-corrected chi connectivity index (χ2v) is 9.69. The van der Waals surface area contributed by atoms with E-state index in [4.69, 9.17) is 0 Å². The molecule has 4 heterocycles. The van der Waals surface area contributed by atoms with Crippen molar-refractivity contribution in [1.29, 1.82) is 0 Å². The van der Waals surface area contributed by atoms with Crippen molar-refractivity contribution in [2.45, 2.75) is 44.9 Å². The normalized spacial score (nSPS) is 17.6. The molecule has 0 bridgehead atoms. The Labute approximate surface area is 210 Å². The third-order valence-corrected chi connectivity index (χ3v) is 7.12. The number of hydrogen-bond acceptors (Lipinski definition) is 7. The number of H-pyrrole nitrogens is 1. The molecule has 1 saturated heterocycles. The second kappa shape index (κ2) is 10.6. The molecule has 1 unspecified atom stereocenters. The van der Waals surface area contributed by atoms with Crippen molar-refractivity contribution in [3.05, 3.63) is 53.6 Å². The predicted molar refractivity (Wildman–Crippen MR) is 137 cm³/mol. The van der Waals surface area contributed by atoms with E-state index < -0.39 is 6.10 Å². The van der Waals surface area contributed by atoms with E-state index in [9.17, 15) is 14.7 Å². The highest BCUT2D eigenvalue weighted by Crippen LogP contribution is 2.27. The number of carbonyl (C=O) groups is 2. The lowest BCUT2D eigenvalue weighted by molar-refractivity contribution is -0.129. The van der Waals surface area contributed by atoms with Gasteiger partial charge in [0.15, 0.2) is 0 Å². The maximum atomic E-state index is 12.7. The smallest absolute Gasteiger partial charge is 0.270 e. The molecule has 1 atom stereocenters. The fraction of sp³-hybridized carbons (Fsp3) is 0.462. The monoisotopic (exact) mass is 491 g/mol. The predicted octanol–water partition coefficient (Wildman–Crippen LogP) is 1.53. The Bertz CT molecular complexity index is 1240. The number of nitrogens with zero attached hydrogens (tertiary/aromatic N) is 4. The van der Waals surface area contributed by atoms with Gasteiger partial charge in [-0.15, -0.1) is 0 Å². The summed E-state index contributed by atoms with van der Waals surface area (Å²) in [5, 5.41) is 18.0. The van der Waals surface area contributed by atoms with Crippen LogP contribution in [-0.4, -0.2) is 86.5 Å². The highest BCUT2D eigenvalue weighted by Gasteiger charge is 2.23. The van der Waals surface area contributed by atoms with Gasteiger partial charge in [-0.05, 0) is 30.9 Å². The average molecular weight is 492 g/mol. The topological polar surface area (TPSA) is 126 Å². The van der Waals surface area contributed by atoms with E-state index in [0.717, 1.165) is 37.9 Å². The third kappa shape index (κ3) is 5.50. The molecule has 0 saturated carbocycles. The number of hydrogen-bond donors (Lipinski definition) is 4. The van der Waals surface area contributed by atoms with Crippen molar-refractivity contribution in [3.8, 4) is 0 Å². The maximum Gasteiger partial charge on any atom is 0.270 e. The van der Waals surface area contributed by atoms with Crippen LogP contribution in [0.25, 0.3) is 10.9 Å². The Hall–Kier alpha value is -3.50. The van der Waals surface area contributed by atoms with Crippen LogP contribution in [0.2, 0.25) is 0 Å². The number of piperidine rings is 1. The van der Waals surface area contributed by atoms with E-state index in [-0.39, 0.29) is 30.1 Å². The van der Waals surface area contributed by atoms with Crippen LogP contribution in [0.3, 0.4) is 0 Å². The molecule has 1 aromatic carbocycles. The number of amides is 2. The molecule has 4 N–H and O–H groups in total. The minimum Gasteiger partial charge on any atom is -0.390 e. The summed E-state index contributed by atoms with van der Waals surface area (Å²) in [6.07, 6.45) is 3.26. The second-order valence-electron chi connectivity index (χ2n) is 9.69. The zero-order valence-electron chi connectivity index (χ0n) is 20.5. The molecule has 2 aromatic heterocycles. The summed E-state index contributed by atoms with van der Waals surface area (Å²) in [4.78, 5) is 40.0. The third-order valence-electron chi connectivity index (χ3n) is 7.12. The van der Waals surface area contributed by atoms with Crippen LogP contribution in [0.4, 0.5) is 5.82 Å². The molecule has 10 nitrogen and oxygen atoms in total. The summed E-state index contributed by atoms with van der Waals surface area (Å²) >= 11 is 0. The van der Waals surface area contributed by atoms with Gasteiger partial charge in [0, 0.05) is 74.9 Å². The van der Waals surface area contributed by atoms with Gasteiger partial charge in [0.1, 0.15) is 17.8 Å². The van der Waals surface area contributed by atoms with Gasteiger partial charge in [-0.2, -0.15) is 0 Å². The first-order valence-electron chi connectivity index (χ1n) is 12.6. The van der Waals surface area contributed by atoms with Gasteiger partial charge in [0.25, 0.3) is 5.91 Å². The number of fused-ring (bicyclic) bond motifs is 3. The van der Waals surface area contributed by atoms with Crippen molar-refractivity contribution >= 4 is 28.5 Å². The number of para-hydroxylation sites is 1. The van der Waals surface area contributed by atoms with Crippen LogP contribution in [-0.2, 0) is 17.8 Å². The van der Waals surface area contributed by atoms with Crippen molar-refractivity contribution < 1.29 is 14.7 Å². The van der Waals surface area contributed by atoms with E-state index in [1.165, 1.54) is 23.0 Å². The largest absolute Gasteiger partial charge is 0.390 e. The first kappa shape index (κ1) is 24.2. The summed E-state index contributed by atoms with van der Waals surface area (Å²) in [5.41, 5.74) is 3.97. The average Bonchev–Trinajstić information content (AvgIpc) is 3.25. The zero-order valence-corrected chi connectivity index (χ0v) is 20.5. The summed E-state index contributed by atoms with van der Waals surface area (Å²) in [5.74, 6) is 0.335. The first-order valence-corrected chi connectivity index (χ1v) is 12.6. The summed E-state index contributed by atoms with van der Waals surface area (Å²) in [6, 6.07) is 10.1. The number of aromatic amines is 1. The first-order chi connectivity index (χ1) is 17.5. The van der Waals surface area contributed by atoms with Gasteiger partial charge in [-0.3, -0.25) is 14.5 Å². The number of aromatic nitrogens is 3. The van der Waals surface area contributed by atoms with E-state index in [1.807, 2.05) is 11.0 Å². The Morgan fingerprint density at radius 1 is 1.19 bits per heavy atom. The minimum absolute atomic E-state index is 0.0968. The van der Waals surface area contributed by atoms with Crippen molar-refractivity contribution in [3.63, 3.8) is 0 Å². The molecule has 10 heteroatoms. The van der Waals surface area contributed by atoms with Crippen LogP contribution in [0.1, 0.15) is 41.5 Å². The number of rotatable bonds is 7. The lowest BCUT2D eigenvalue weighted by Gasteiger charge is -2.31. The van der Waals surface area contributed by atoms with Gasteiger partial charge < -0.3 is 25.6 Å². The van der Waals surface area contributed by atoms with E-state index in [1.54, 1.807) is 13.0 Å². The van der Waals surface area contributed by atoms with Crippen LogP contribution < -0.4 is 10.6 Å². The number of likely N-dealkylation sites (tertiary alicyclic amines) is 1. The molecule has 0 radical (unpaired) electrons.